The van der Waals surface area contributed by atoms with Crippen molar-refractivity contribution in [3.63, 3.8) is 0 Å². The Kier molecular flexibility index (Phi) is 4.28. The number of aromatic hydroxyl groups is 1. The van der Waals surface area contributed by atoms with E-state index in [4.69, 9.17) is 0 Å². The maximum atomic E-state index is 12.5. The van der Waals surface area contributed by atoms with Crippen LogP contribution in [-0.2, 0) is 10.2 Å². The smallest absolute Gasteiger partial charge is 0.256 e. The van der Waals surface area contributed by atoms with E-state index in [1.807, 2.05) is 44.2 Å². The van der Waals surface area contributed by atoms with Crippen LogP contribution >= 0.6 is 15.9 Å². The molecule has 0 spiro atoms. The number of benzene rings is 2. The van der Waals surface area contributed by atoms with E-state index in [2.05, 4.69) is 42.0 Å². The molecule has 0 unspecified atom stereocenters. The van der Waals surface area contributed by atoms with Gasteiger partial charge < -0.3 is 10.4 Å². The van der Waals surface area contributed by atoms with E-state index in [9.17, 15) is 9.90 Å². The quantitative estimate of drug-likeness (QED) is 0.616. The third-order valence-electron chi connectivity index (χ3n) is 4.60. The third-order valence-corrected chi connectivity index (χ3v) is 5.46. The monoisotopic (exact) mass is 399 g/mol. The highest BCUT2D eigenvalue weighted by molar-refractivity contribution is 9.10. The van der Waals surface area contributed by atoms with Gasteiger partial charge in [-0.05, 0) is 66.3 Å². The molecule has 2 aromatic rings. The maximum absolute atomic E-state index is 12.5. The summed E-state index contributed by atoms with van der Waals surface area (Å²) >= 11 is 3.54. The first kappa shape index (κ1) is 17.7. The summed E-state index contributed by atoms with van der Waals surface area (Å²) in [7, 11) is 0. The molecule has 130 valence electrons. The highest BCUT2D eigenvalue weighted by atomic mass is 79.9. The van der Waals surface area contributed by atoms with Crippen molar-refractivity contribution in [3.8, 4) is 5.75 Å². The van der Waals surface area contributed by atoms with Crippen molar-refractivity contribution >= 4 is 39.2 Å². The molecule has 1 aliphatic rings. The fourth-order valence-corrected chi connectivity index (χ4v) is 3.54. The molecule has 0 radical (unpaired) electrons. The van der Waals surface area contributed by atoms with Gasteiger partial charge in [0.2, 0.25) is 0 Å². The normalized spacial score (nSPS) is 15.4. The molecule has 0 aliphatic carbocycles. The first-order chi connectivity index (χ1) is 11.6. The van der Waals surface area contributed by atoms with Gasteiger partial charge >= 0.3 is 0 Å². The minimum atomic E-state index is -0.182. The van der Waals surface area contributed by atoms with E-state index in [1.165, 1.54) is 0 Å². The lowest BCUT2D eigenvalue weighted by molar-refractivity contribution is -0.110. The van der Waals surface area contributed by atoms with E-state index in [1.54, 1.807) is 0 Å². The molecule has 0 fully saturated rings. The van der Waals surface area contributed by atoms with Crippen molar-refractivity contribution in [1.82, 2.24) is 0 Å². The zero-order valence-electron chi connectivity index (χ0n) is 15.1. The van der Waals surface area contributed by atoms with Crippen LogP contribution in [0.5, 0.6) is 5.75 Å². The molecule has 25 heavy (non-hydrogen) atoms. The van der Waals surface area contributed by atoms with E-state index in [0.29, 0.717) is 11.3 Å². The second-order valence-electron chi connectivity index (χ2n) is 7.59. The number of rotatable bonds is 1. The minimum Gasteiger partial charge on any atom is -0.507 e. The van der Waals surface area contributed by atoms with Gasteiger partial charge in [-0.25, -0.2) is 0 Å². The summed E-state index contributed by atoms with van der Waals surface area (Å²) in [6, 6.07) is 7.73. The summed E-state index contributed by atoms with van der Waals surface area (Å²) in [4.78, 5) is 12.5. The van der Waals surface area contributed by atoms with Gasteiger partial charge in [-0.15, -0.1) is 0 Å². The molecule has 1 aliphatic heterocycles. The molecule has 2 N–H and O–H groups in total. The lowest BCUT2D eigenvalue weighted by Gasteiger charge is -2.22. The predicted molar refractivity (Wildman–Crippen MR) is 107 cm³/mol. The Balaban J connectivity index is 2.20. The van der Waals surface area contributed by atoms with Crippen LogP contribution in [-0.4, -0.2) is 11.0 Å². The highest BCUT2D eigenvalue weighted by Crippen LogP contribution is 2.40. The summed E-state index contributed by atoms with van der Waals surface area (Å²) in [5.74, 6) is 0.226. The van der Waals surface area contributed by atoms with Gasteiger partial charge in [-0.3, -0.25) is 4.79 Å². The van der Waals surface area contributed by atoms with Gasteiger partial charge in [-0.2, -0.15) is 0 Å². The van der Waals surface area contributed by atoms with Gasteiger partial charge in [-0.1, -0.05) is 36.7 Å². The Bertz CT molecular complexity index is 920. The van der Waals surface area contributed by atoms with Crippen molar-refractivity contribution in [2.45, 2.75) is 40.0 Å². The first-order valence-electron chi connectivity index (χ1n) is 8.26. The van der Waals surface area contributed by atoms with Crippen LogP contribution < -0.4 is 5.32 Å². The van der Waals surface area contributed by atoms with Crippen LogP contribution in [0, 0.1) is 13.8 Å². The number of anilines is 1. The predicted octanol–water partition coefficient (Wildman–Crippen LogP) is 5.56. The lowest BCUT2D eigenvalue weighted by Crippen LogP contribution is -2.12. The third kappa shape index (κ3) is 3.11. The molecule has 3 nitrogen and oxygen atoms in total. The molecule has 0 atom stereocenters. The van der Waals surface area contributed by atoms with Crippen LogP contribution in [0.3, 0.4) is 0 Å². The van der Waals surface area contributed by atoms with E-state index in [-0.39, 0.29) is 11.3 Å². The maximum Gasteiger partial charge on any atom is 0.256 e. The number of hydrogen-bond acceptors (Lipinski definition) is 2. The molecule has 4 heteroatoms. The molecule has 2 aromatic carbocycles. The van der Waals surface area contributed by atoms with Crippen molar-refractivity contribution in [2.24, 2.45) is 0 Å². The standard InChI is InChI=1S/C21H22BrNO2/c1-11-8-13(10-15(19(11)24)21(3,4)5)9-14-18-12(2)16(22)6-7-17(18)23-20(14)25/h6-10,24H,1-5H3,(H,23,25). The summed E-state index contributed by atoms with van der Waals surface area (Å²) < 4.78 is 0.978. The molecule has 1 heterocycles. The molecule has 0 saturated heterocycles. The number of halogens is 1. The summed E-state index contributed by atoms with van der Waals surface area (Å²) in [5, 5.41) is 13.3. The molecular weight excluding hydrogens is 378 g/mol. The second kappa shape index (κ2) is 6.03. The molecule has 0 aromatic heterocycles. The molecule has 0 bridgehead atoms. The first-order valence-corrected chi connectivity index (χ1v) is 9.05. The van der Waals surface area contributed by atoms with Crippen molar-refractivity contribution in [3.05, 3.63) is 56.6 Å². The van der Waals surface area contributed by atoms with Gasteiger partial charge in [0.15, 0.2) is 0 Å². The Labute approximate surface area is 156 Å². The van der Waals surface area contributed by atoms with Crippen LogP contribution in [0.15, 0.2) is 28.7 Å². The molecule has 0 saturated carbocycles. The Hall–Kier alpha value is -2.07. The Morgan fingerprint density at radius 2 is 1.84 bits per heavy atom. The van der Waals surface area contributed by atoms with Gasteiger partial charge in [0.05, 0.1) is 0 Å². The molecular formula is C21H22BrNO2. The van der Waals surface area contributed by atoms with Gasteiger partial charge in [0.25, 0.3) is 5.91 Å². The van der Waals surface area contributed by atoms with Crippen molar-refractivity contribution < 1.29 is 9.90 Å². The molecule has 3 rings (SSSR count). The second-order valence-corrected chi connectivity index (χ2v) is 8.45. The average molecular weight is 400 g/mol. The highest BCUT2D eigenvalue weighted by Gasteiger charge is 2.27. The number of phenols is 1. The van der Waals surface area contributed by atoms with E-state index in [0.717, 1.165) is 38.0 Å². The number of amides is 1. The summed E-state index contributed by atoms with van der Waals surface area (Å²) in [6.07, 6.45) is 1.91. The topological polar surface area (TPSA) is 49.3 Å². The zero-order chi connectivity index (χ0) is 18.5. The minimum absolute atomic E-state index is 0.0979. The summed E-state index contributed by atoms with van der Waals surface area (Å²) in [6.45, 7) is 10.1. The lowest BCUT2D eigenvalue weighted by atomic mass is 9.84. The number of hydrogen-bond donors (Lipinski definition) is 2. The van der Waals surface area contributed by atoms with Crippen LogP contribution in [0.4, 0.5) is 5.69 Å². The largest absolute Gasteiger partial charge is 0.507 e. The number of fused-ring (bicyclic) bond motifs is 1. The number of aryl methyl sites for hydroxylation is 1. The fraction of sp³-hybridized carbons (Fsp3) is 0.286. The Morgan fingerprint density at radius 3 is 2.48 bits per heavy atom. The number of nitrogens with one attached hydrogen (secondary N) is 1. The van der Waals surface area contributed by atoms with Gasteiger partial charge in [0.1, 0.15) is 5.75 Å². The Morgan fingerprint density at radius 1 is 1.16 bits per heavy atom. The average Bonchev–Trinajstić information content (AvgIpc) is 2.82. The molecule has 1 amide bonds. The number of phenolic OH excluding ortho intramolecular Hbond substituents is 1. The van der Waals surface area contributed by atoms with E-state index < -0.39 is 0 Å². The fourth-order valence-electron chi connectivity index (χ4n) is 3.21. The van der Waals surface area contributed by atoms with Crippen LogP contribution in [0.1, 0.15) is 48.6 Å². The van der Waals surface area contributed by atoms with Crippen molar-refractivity contribution in [2.75, 3.05) is 5.32 Å². The number of carbonyl (C=O) groups excluding carboxylic acids is 1. The van der Waals surface area contributed by atoms with Gasteiger partial charge in [0, 0.05) is 26.9 Å². The number of carbonyl (C=O) groups is 1. The van der Waals surface area contributed by atoms with Crippen LogP contribution in [0.2, 0.25) is 0 Å². The SMILES string of the molecule is Cc1cc(C=C2C(=O)Nc3ccc(Br)c(C)c32)cc(C(C)(C)C)c1O. The summed E-state index contributed by atoms with van der Waals surface area (Å²) in [5.41, 5.74) is 5.88. The van der Waals surface area contributed by atoms with E-state index >= 15 is 0 Å². The van der Waals surface area contributed by atoms with Crippen molar-refractivity contribution in [1.29, 1.82) is 0 Å². The zero-order valence-corrected chi connectivity index (χ0v) is 16.7. The van der Waals surface area contributed by atoms with Crippen LogP contribution in [0.25, 0.3) is 11.6 Å².